The maximum atomic E-state index is 12.3. The summed E-state index contributed by atoms with van der Waals surface area (Å²) in [4.78, 5) is 24.6. The largest absolute Gasteiger partial charge is 0.488 e. The van der Waals surface area contributed by atoms with Crippen LogP contribution in [0.1, 0.15) is 28.4 Å². The molecule has 6 nitrogen and oxygen atoms in total. The molecule has 0 aromatic heterocycles. The molecule has 3 aromatic carbocycles. The Bertz CT molecular complexity index is 1120. The first-order chi connectivity index (χ1) is 15.4. The van der Waals surface area contributed by atoms with Crippen LogP contribution in [0.4, 0.5) is 0 Å². The van der Waals surface area contributed by atoms with Gasteiger partial charge >= 0.3 is 0 Å². The van der Waals surface area contributed by atoms with E-state index in [1.165, 1.54) is 6.21 Å². The van der Waals surface area contributed by atoms with E-state index in [0.29, 0.717) is 22.4 Å². The minimum absolute atomic E-state index is 0.348. The fraction of sp³-hybridized carbons (Fsp3) is 0.125. The van der Waals surface area contributed by atoms with Gasteiger partial charge in [-0.05, 0) is 80.2 Å². The summed E-state index contributed by atoms with van der Waals surface area (Å²) in [6.07, 6.45) is 1.52. The zero-order chi connectivity index (χ0) is 22.9. The molecular formula is C24H21Br2N3O3. The molecule has 0 radical (unpaired) electrons. The molecule has 1 unspecified atom stereocenters. The van der Waals surface area contributed by atoms with Crippen LogP contribution in [0.2, 0.25) is 0 Å². The van der Waals surface area contributed by atoms with E-state index in [1.807, 2.05) is 54.6 Å². The molecule has 3 aromatic rings. The Balaban J connectivity index is 1.51. The average molecular weight is 559 g/mol. The number of ether oxygens (including phenoxy) is 1. The second-order valence-electron chi connectivity index (χ2n) is 6.87. The zero-order valence-electron chi connectivity index (χ0n) is 17.2. The van der Waals surface area contributed by atoms with Crippen molar-refractivity contribution in [1.29, 1.82) is 0 Å². The minimum Gasteiger partial charge on any atom is -0.488 e. The zero-order valence-corrected chi connectivity index (χ0v) is 20.4. The fourth-order valence-electron chi connectivity index (χ4n) is 2.70. The molecule has 8 heteroatoms. The fourth-order valence-corrected chi connectivity index (χ4v) is 3.68. The highest BCUT2D eigenvalue weighted by Gasteiger charge is 2.17. The van der Waals surface area contributed by atoms with Crippen molar-refractivity contribution in [2.24, 2.45) is 5.10 Å². The van der Waals surface area contributed by atoms with Gasteiger partial charge in [-0.25, -0.2) is 5.43 Å². The maximum absolute atomic E-state index is 12.3. The van der Waals surface area contributed by atoms with Crippen LogP contribution in [0.25, 0.3) is 0 Å². The molecule has 0 fully saturated rings. The Morgan fingerprint density at radius 2 is 1.72 bits per heavy atom. The number of benzene rings is 3. The minimum atomic E-state index is -0.757. The number of amides is 2. The van der Waals surface area contributed by atoms with E-state index in [4.69, 9.17) is 4.74 Å². The third-order valence-electron chi connectivity index (χ3n) is 4.44. The van der Waals surface area contributed by atoms with Gasteiger partial charge in [0, 0.05) is 4.47 Å². The van der Waals surface area contributed by atoms with Gasteiger partial charge < -0.3 is 10.1 Å². The molecule has 32 heavy (non-hydrogen) atoms. The van der Waals surface area contributed by atoms with Crippen molar-refractivity contribution >= 4 is 49.9 Å². The summed E-state index contributed by atoms with van der Waals surface area (Å²) < 4.78 is 7.26. The van der Waals surface area contributed by atoms with E-state index in [9.17, 15) is 9.59 Å². The van der Waals surface area contributed by atoms with Crippen LogP contribution >= 0.6 is 31.9 Å². The van der Waals surface area contributed by atoms with E-state index in [0.717, 1.165) is 15.6 Å². The molecule has 2 N–H and O–H groups in total. The number of hydrazone groups is 1. The van der Waals surface area contributed by atoms with Crippen LogP contribution in [0.5, 0.6) is 5.75 Å². The summed E-state index contributed by atoms with van der Waals surface area (Å²) >= 11 is 6.82. The number of nitrogens with zero attached hydrogens (tertiary/aromatic N) is 1. The van der Waals surface area contributed by atoms with Crippen molar-refractivity contribution in [1.82, 2.24) is 10.7 Å². The first kappa shape index (κ1) is 23.7. The summed E-state index contributed by atoms with van der Waals surface area (Å²) in [7, 11) is 0. The van der Waals surface area contributed by atoms with Crippen molar-refractivity contribution in [3.8, 4) is 5.75 Å². The number of hydrogen-bond acceptors (Lipinski definition) is 4. The third-order valence-corrected chi connectivity index (χ3v) is 5.75. The van der Waals surface area contributed by atoms with Gasteiger partial charge in [-0.15, -0.1) is 0 Å². The molecular weight excluding hydrogens is 538 g/mol. The average Bonchev–Trinajstić information content (AvgIpc) is 2.79. The third kappa shape index (κ3) is 6.77. The molecule has 2 amide bonds. The number of nitrogens with one attached hydrogen (secondary N) is 2. The van der Waals surface area contributed by atoms with Crippen molar-refractivity contribution in [2.45, 2.75) is 19.6 Å². The summed E-state index contributed by atoms with van der Waals surface area (Å²) in [5, 5.41) is 6.63. The van der Waals surface area contributed by atoms with Crippen LogP contribution in [-0.4, -0.2) is 24.1 Å². The monoisotopic (exact) mass is 557 g/mol. The van der Waals surface area contributed by atoms with Gasteiger partial charge in [0.1, 0.15) is 18.4 Å². The molecule has 0 heterocycles. The van der Waals surface area contributed by atoms with E-state index in [2.05, 4.69) is 47.7 Å². The van der Waals surface area contributed by atoms with E-state index in [-0.39, 0.29) is 5.91 Å². The number of hydrogen-bond donors (Lipinski definition) is 2. The molecule has 0 saturated carbocycles. The molecule has 0 aliphatic rings. The summed E-state index contributed by atoms with van der Waals surface area (Å²) in [6, 6.07) is 21.6. The van der Waals surface area contributed by atoms with Gasteiger partial charge in [0.25, 0.3) is 11.8 Å². The first-order valence-electron chi connectivity index (χ1n) is 9.78. The number of carbonyl (C=O) groups excluding carboxylic acids is 2. The van der Waals surface area contributed by atoms with Crippen LogP contribution < -0.4 is 15.5 Å². The molecule has 0 aliphatic carbocycles. The number of halogens is 2. The lowest BCUT2D eigenvalue weighted by Crippen LogP contribution is -2.43. The van der Waals surface area contributed by atoms with Gasteiger partial charge in [-0.2, -0.15) is 5.10 Å². The highest BCUT2D eigenvalue weighted by molar-refractivity contribution is 9.10. The molecule has 0 aliphatic heterocycles. The normalized spacial score (nSPS) is 11.7. The Kier molecular flexibility index (Phi) is 8.58. The van der Waals surface area contributed by atoms with Crippen molar-refractivity contribution in [3.05, 3.63) is 98.4 Å². The second kappa shape index (κ2) is 11.6. The molecule has 3 rings (SSSR count). The van der Waals surface area contributed by atoms with Crippen LogP contribution in [0.15, 0.2) is 86.8 Å². The Morgan fingerprint density at radius 3 is 2.44 bits per heavy atom. The predicted octanol–water partition coefficient (Wildman–Crippen LogP) is 5.06. The SMILES string of the molecule is CC(NC(=O)c1ccccc1Br)C(=O)NN=Cc1ccc(OCc2ccccc2)c(Br)c1. The molecule has 1 atom stereocenters. The smallest absolute Gasteiger partial charge is 0.262 e. The number of carbonyl (C=O) groups is 2. The van der Waals surface area contributed by atoms with Gasteiger partial charge in [-0.3, -0.25) is 9.59 Å². The summed E-state index contributed by atoms with van der Waals surface area (Å²) in [5.74, 6) is -0.0684. The van der Waals surface area contributed by atoms with Crippen molar-refractivity contribution in [3.63, 3.8) is 0 Å². The van der Waals surface area contributed by atoms with Gasteiger partial charge in [-0.1, -0.05) is 42.5 Å². The first-order valence-corrected chi connectivity index (χ1v) is 11.4. The summed E-state index contributed by atoms with van der Waals surface area (Å²) in [6.45, 7) is 2.06. The quantitative estimate of drug-likeness (QED) is 0.299. The lowest BCUT2D eigenvalue weighted by Gasteiger charge is -2.13. The molecule has 0 saturated heterocycles. The van der Waals surface area contributed by atoms with E-state index < -0.39 is 11.9 Å². The van der Waals surface area contributed by atoms with E-state index in [1.54, 1.807) is 25.1 Å². The topological polar surface area (TPSA) is 79.8 Å². The highest BCUT2D eigenvalue weighted by Crippen LogP contribution is 2.26. The summed E-state index contributed by atoms with van der Waals surface area (Å²) in [5.41, 5.74) is 4.74. The van der Waals surface area contributed by atoms with Crippen LogP contribution in [0, 0.1) is 0 Å². The highest BCUT2D eigenvalue weighted by atomic mass is 79.9. The van der Waals surface area contributed by atoms with Gasteiger partial charge in [0.15, 0.2) is 0 Å². The lowest BCUT2D eigenvalue weighted by atomic mass is 10.2. The van der Waals surface area contributed by atoms with Crippen molar-refractivity contribution < 1.29 is 14.3 Å². The number of rotatable bonds is 8. The predicted molar refractivity (Wildman–Crippen MR) is 132 cm³/mol. The maximum Gasteiger partial charge on any atom is 0.262 e. The van der Waals surface area contributed by atoms with Crippen molar-refractivity contribution in [2.75, 3.05) is 0 Å². The van der Waals surface area contributed by atoms with Gasteiger partial charge in [0.2, 0.25) is 0 Å². The Hall–Kier alpha value is -2.97. The molecule has 164 valence electrons. The standard InChI is InChI=1S/C24H21Br2N3O3/c1-16(28-24(31)19-9-5-6-10-20(19)25)23(30)29-27-14-18-11-12-22(21(26)13-18)32-15-17-7-3-2-4-8-17/h2-14,16H,15H2,1H3,(H,28,31)(H,29,30). The van der Waals surface area contributed by atoms with Gasteiger partial charge in [0.05, 0.1) is 16.3 Å². The van der Waals surface area contributed by atoms with Crippen LogP contribution in [-0.2, 0) is 11.4 Å². The second-order valence-corrected chi connectivity index (χ2v) is 8.58. The lowest BCUT2D eigenvalue weighted by molar-refractivity contribution is -0.122. The molecule has 0 bridgehead atoms. The Labute approximate surface area is 203 Å². The Morgan fingerprint density at radius 1 is 1.00 bits per heavy atom. The molecule has 0 spiro atoms. The van der Waals surface area contributed by atoms with Crippen LogP contribution in [0.3, 0.4) is 0 Å². The van der Waals surface area contributed by atoms with E-state index >= 15 is 0 Å².